The van der Waals surface area contributed by atoms with Crippen LogP contribution in [0.3, 0.4) is 0 Å². The minimum absolute atomic E-state index is 0.203. The summed E-state index contributed by atoms with van der Waals surface area (Å²) in [6.45, 7) is 8.95. The average molecular weight is 270 g/mol. The van der Waals surface area contributed by atoms with Crippen LogP contribution >= 0.6 is 0 Å². The van der Waals surface area contributed by atoms with Crippen molar-refractivity contribution in [1.29, 1.82) is 0 Å². The third-order valence-corrected chi connectivity index (χ3v) is 2.24. The highest BCUT2D eigenvalue weighted by Gasteiger charge is 2.21. The lowest BCUT2D eigenvalue weighted by Gasteiger charge is -2.19. The van der Waals surface area contributed by atoms with Gasteiger partial charge in [-0.3, -0.25) is 14.4 Å². The van der Waals surface area contributed by atoms with Crippen molar-refractivity contribution in [3.05, 3.63) is 12.7 Å². The largest absolute Gasteiger partial charge is 0.465 e. The second kappa shape index (κ2) is 9.13. The first-order valence-electron chi connectivity index (χ1n) is 6.26. The number of amides is 2. The Bertz CT molecular complexity index is 340. The van der Waals surface area contributed by atoms with Gasteiger partial charge in [0.1, 0.15) is 12.6 Å². The summed E-state index contributed by atoms with van der Waals surface area (Å²) in [5.74, 6) is -1.11. The van der Waals surface area contributed by atoms with Crippen LogP contribution in [0, 0.1) is 5.92 Å². The maximum atomic E-state index is 11.9. The number of rotatable bonds is 8. The number of esters is 1. The Morgan fingerprint density at radius 3 is 2.42 bits per heavy atom. The second-order valence-electron chi connectivity index (χ2n) is 4.42. The zero-order valence-corrected chi connectivity index (χ0v) is 11.7. The van der Waals surface area contributed by atoms with Crippen molar-refractivity contribution in [2.45, 2.75) is 33.2 Å². The molecule has 0 rings (SSSR count). The third-order valence-electron chi connectivity index (χ3n) is 2.24. The number of carbonyl (C=O) groups excluding carboxylic acids is 3. The van der Waals surface area contributed by atoms with E-state index in [1.165, 1.54) is 0 Å². The zero-order chi connectivity index (χ0) is 14.8. The van der Waals surface area contributed by atoms with Crippen molar-refractivity contribution in [2.24, 2.45) is 5.92 Å². The van der Waals surface area contributed by atoms with E-state index in [0.29, 0.717) is 6.42 Å². The Labute approximate surface area is 113 Å². The van der Waals surface area contributed by atoms with E-state index in [1.807, 2.05) is 13.8 Å². The second-order valence-corrected chi connectivity index (χ2v) is 4.42. The smallest absolute Gasteiger partial charge is 0.325 e. The van der Waals surface area contributed by atoms with Crippen LogP contribution < -0.4 is 10.6 Å². The minimum atomic E-state index is -0.681. The molecule has 0 aliphatic carbocycles. The lowest BCUT2D eigenvalue weighted by Crippen LogP contribution is -2.48. The van der Waals surface area contributed by atoms with Gasteiger partial charge in [-0.2, -0.15) is 0 Å². The summed E-state index contributed by atoms with van der Waals surface area (Å²) in [6, 6.07) is -0.681. The highest BCUT2D eigenvalue weighted by atomic mass is 16.5. The van der Waals surface area contributed by atoms with Gasteiger partial charge < -0.3 is 15.4 Å². The third kappa shape index (κ3) is 7.96. The molecule has 2 amide bonds. The topological polar surface area (TPSA) is 84.5 Å². The lowest BCUT2D eigenvalue weighted by atomic mass is 10.0. The quantitative estimate of drug-likeness (QED) is 0.493. The van der Waals surface area contributed by atoms with Gasteiger partial charge in [-0.05, 0) is 25.3 Å². The Balaban J connectivity index is 4.40. The molecule has 2 N–H and O–H groups in total. The van der Waals surface area contributed by atoms with E-state index < -0.39 is 23.8 Å². The molecule has 0 heterocycles. The fourth-order valence-electron chi connectivity index (χ4n) is 1.43. The van der Waals surface area contributed by atoms with Gasteiger partial charge in [-0.1, -0.05) is 20.4 Å². The Hall–Kier alpha value is -1.85. The van der Waals surface area contributed by atoms with Crippen LogP contribution in [0.1, 0.15) is 27.2 Å². The molecule has 108 valence electrons. The normalized spacial score (nSPS) is 11.6. The average Bonchev–Trinajstić information content (AvgIpc) is 2.34. The maximum Gasteiger partial charge on any atom is 0.325 e. The molecule has 0 aromatic carbocycles. The van der Waals surface area contributed by atoms with E-state index in [0.717, 1.165) is 6.08 Å². The van der Waals surface area contributed by atoms with Gasteiger partial charge in [-0.25, -0.2) is 0 Å². The molecule has 0 aliphatic rings. The molecule has 0 bridgehead atoms. The first kappa shape index (κ1) is 17.2. The molecule has 6 nitrogen and oxygen atoms in total. The molecule has 1 atom stereocenters. The predicted molar refractivity (Wildman–Crippen MR) is 71.2 cm³/mol. The first-order valence-corrected chi connectivity index (χ1v) is 6.26. The molecule has 0 aliphatic heterocycles. The van der Waals surface area contributed by atoms with Gasteiger partial charge >= 0.3 is 5.97 Å². The highest BCUT2D eigenvalue weighted by molar-refractivity contribution is 5.93. The van der Waals surface area contributed by atoms with Crippen molar-refractivity contribution >= 4 is 17.8 Å². The van der Waals surface area contributed by atoms with Gasteiger partial charge in [0, 0.05) is 0 Å². The molecule has 0 saturated heterocycles. The van der Waals surface area contributed by atoms with Crippen LogP contribution in [0.5, 0.6) is 0 Å². The standard InChI is InChI=1S/C13H22N2O4/c1-5-11(16)15-10(7-9(3)4)13(18)14-8-12(17)19-6-2/h5,9-10H,1,6-8H2,2-4H3,(H,14,18)(H,15,16)/t10-/m0/s1. The molecular weight excluding hydrogens is 248 g/mol. The van der Waals surface area contributed by atoms with Gasteiger partial charge in [0.15, 0.2) is 0 Å². The summed E-state index contributed by atoms with van der Waals surface area (Å²) in [7, 11) is 0. The highest BCUT2D eigenvalue weighted by Crippen LogP contribution is 2.05. The summed E-state index contributed by atoms with van der Waals surface area (Å²) in [6.07, 6.45) is 1.58. The maximum absolute atomic E-state index is 11.9. The molecule has 19 heavy (non-hydrogen) atoms. The van der Waals surface area contributed by atoms with E-state index >= 15 is 0 Å². The van der Waals surface area contributed by atoms with Gasteiger partial charge in [0.2, 0.25) is 11.8 Å². The van der Waals surface area contributed by atoms with E-state index in [9.17, 15) is 14.4 Å². The number of nitrogens with one attached hydrogen (secondary N) is 2. The minimum Gasteiger partial charge on any atom is -0.465 e. The summed E-state index contributed by atoms with van der Waals surface area (Å²) >= 11 is 0. The molecule has 0 spiro atoms. The molecular formula is C13H22N2O4. The van der Waals surface area contributed by atoms with Crippen molar-refractivity contribution < 1.29 is 19.1 Å². The summed E-state index contributed by atoms with van der Waals surface area (Å²) in [5, 5.41) is 4.97. The number of carbonyl (C=O) groups is 3. The van der Waals surface area contributed by atoms with Crippen molar-refractivity contribution in [1.82, 2.24) is 10.6 Å². The van der Waals surface area contributed by atoms with Crippen LogP contribution in [0.25, 0.3) is 0 Å². The monoisotopic (exact) mass is 270 g/mol. The van der Waals surface area contributed by atoms with Crippen molar-refractivity contribution in [3.8, 4) is 0 Å². The van der Waals surface area contributed by atoms with Crippen LogP contribution in [0.4, 0.5) is 0 Å². The Morgan fingerprint density at radius 2 is 1.95 bits per heavy atom. The van der Waals surface area contributed by atoms with Crippen LogP contribution in [-0.2, 0) is 19.1 Å². The van der Waals surface area contributed by atoms with Crippen molar-refractivity contribution in [3.63, 3.8) is 0 Å². The van der Waals surface area contributed by atoms with Gasteiger partial charge in [0.25, 0.3) is 0 Å². The summed E-state index contributed by atoms with van der Waals surface area (Å²) in [5.41, 5.74) is 0. The molecule has 0 unspecified atom stereocenters. The molecule has 0 fully saturated rings. The van der Waals surface area contributed by atoms with Crippen molar-refractivity contribution in [2.75, 3.05) is 13.2 Å². The Morgan fingerprint density at radius 1 is 1.32 bits per heavy atom. The number of ether oxygens (including phenoxy) is 1. The molecule has 6 heteroatoms. The summed E-state index contributed by atoms with van der Waals surface area (Å²) in [4.78, 5) is 34.2. The van der Waals surface area contributed by atoms with E-state index in [2.05, 4.69) is 17.2 Å². The molecule has 0 radical (unpaired) electrons. The van der Waals surface area contributed by atoms with E-state index in [1.54, 1.807) is 6.92 Å². The van der Waals surface area contributed by atoms with Gasteiger partial charge in [-0.15, -0.1) is 0 Å². The molecule has 0 aromatic heterocycles. The van der Waals surface area contributed by atoms with Crippen LogP contribution in [0.2, 0.25) is 0 Å². The van der Waals surface area contributed by atoms with E-state index in [-0.39, 0.29) is 19.1 Å². The number of hydrogen-bond acceptors (Lipinski definition) is 4. The fraction of sp³-hybridized carbons (Fsp3) is 0.615. The zero-order valence-electron chi connectivity index (χ0n) is 11.7. The number of hydrogen-bond donors (Lipinski definition) is 2. The first-order chi connectivity index (χ1) is 8.90. The van der Waals surface area contributed by atoms with E-state index in [4.69, 9.17) is 4.74 Å². The van der Waals surface area contributed by atoms with Crippen LogP contribution in [-0.4, -0.2) is 37.0 Å². The predicted octanol–water partition coefficient (Wildman–Crippen LogP) is 0.383. The van der Waals surface area contributed by atoms with Crippen LogP contribution in [0.15, 0.2) is 12.7 Å². The van der Waals surface area contributed by atoms with Gasteiger partial charge in [0.05, 0.1) is 6.61 Å². The lowest BCUT2D eigenvalue weighted by molar-refractivity contribution is -0.143. The molecule has 0 aromatic rings. The SMILES string of the molecule is C=CC(=O)N[C@@H](CC(C)C)C(=O)NCC(=O)OCC. The molecule has 0 saturated carbocycles. The fourth-order valence-corrected chi connectivity index (χ4v) is 1.43. The Kier molecular flexibility index (Phi) is 8.24. The summed E-state index contributed by atoms with van der Waals surface area (Å²) < 4.78 is 4.70.